The zero-order valence-corrected chi connectivity index (χ0v) is 11.3. The Morgan fingerprint density at radius 2 is 2.17 bits per heavy atom. The van der Waals surface area contributed by atoms with Crippen LogP contribution in [0.25, 0.3) is 0 Å². The molecule has 1 aromatic rings. The SMILES string of the molecule is CCOCC(=O)NCc1ccc2c(c1)CNC2.Cl. The van der Waals surface area contributed by atoms with Crippen LogP contribution >= 0.6 is 12.4 Å². The summed E-state index contributed by atoms with van der Waals surface area (Å²) in [4.78, 5) is 11.4. The van der Waals surface area contributed by atoms with Gasteiger partial charge in [-0.15, -0.1) is 12.4 Å². The van der Waals surface area contributed by atoms with Gasteiger partial charge in [0.2, 0.25) is 5.91 Å². The van der Waals surface area contributed by atoms with Crippen LogP contribution in [-0.2, 0) is 29.2 Å². The summed E-state index contributed by atoms with van der Waals surface area (Å²) >= 11 is 0. The van der Waals surface area contributed by atoms with Gasteiger partial charge in [0.1, 0.15) is 6.61 Å². The van der Waals surface area contributed by atoms with Gasteiger partial charge >= 0.3 is 0 Å². The number of carbonyl (C=O) groups is 1. The normalized spacial score (nSPS) is 12.7. The van der Waals surface area contributed by atoms with Crippen molar-refractivity contribution in [3.8, 4) is 0 Å². The van der Waals surface area contributed by atoms with Gasteiger partial charge in [-0.2, -0.15) is 0 Å². The monoisotopic (exact) mass is 270 g/mol. The molecule has 18 heavy (non-hydrogen) atoms. The largest absolute Gasteiger partial charge is 0.372 e. The first-order valence-electron chi connectivity index (χ1n) is 5.95. The lowest BCUT2D eigenvalue weighted by atomic mass is 10.1. The molecule has 2 rings (SSSR count). The molecule has 4 nitrogen and oxygen atoms in total. The molecule has 1 aromatic carbocycles. The Kier molecular flexibility index (Phi) is 6.12. The molecule has 1 aliphatic heterocycles. The van der Waals surface area contributed by atoms with E-state index in [2.05, 4.69) is 28.8 Å². The highest BCUT2D eigenvalue weighted by atomic mass is 35.5. The van der Waals surface area contributed by atoms with Crippen LogP contribution in [0.1, 0.15) is 23.6 Å². The van der Waals surface area contributed by atoms with Crippen molar-refractivity contribution in [1.82, 2.24) is 10.6 Å². The molecule has 1 amide bonds. The second-order valence-electron chi connectivity index (χ2n) is 4.12. The minimum Gasteiger partial charge on any atom is -0.372 e. The molecule has 0 unspecified atom stereocenters. The predicted octanol–water partition coefficient (Wildman–Crippen LogP) is 1.36. The first-order chi connectivity index (χ1) is 8.29. The van der Waals surface area contributed by atoms with Crippen molar-refractivity contribution in [3.63, 3.8) is 0 Å². The van der Waals surface area contributed by atoms with Crippen molar-refractivity contribution in [2.24, 2.45) is 0 Å². The van der Waals surface area contributed by atoms with E-state index >= 15 is 0 Å². The molecule has 1 heterocycles. The van der Waals surface area contributed by atoms with Gasteiger partial charge in [0.25, 0.3) is 0 Å². The van der Waals surface area contributed by atoms with Crippen molar-refractivity contribution in [1.29, 1.82) is 0 Å². The third-order valence-corrected chi connectivity index (χ3v) is 2.83. The number of carbonyl (C=O) groups excluding carboxylic acids is 1. The topological polar surface area (TPSA) is 50.4 Å². The van der Waals surface area contributed by atoms with Crippen molar-refractivity contribution in [2.75, 3.05) is 13.2 Å². The van der Waals surface area contributed by atoms with E-state index in [9.17, 15) is 4.79 Å². The molecule has 2 N–H and O–H groups in total. The van der Waals surface area contributed by atoms with Crippen LogP contribution in [0.2, 0.25) is 0 Å². The Labute approximate surface area is 114 Å². The van der Waals surface area contributed by atoms with E-state index in [4.69, 9.17) is 4.74 Å². The predicted molar refractivity (Wildman–Crippen MR) is 72.6 cm³/mol. The quantitative estimate of drug-likeness (QED) is 0.850. The van der Waals surface area contributed by atoms with E-state index in [0.717, 1.165) is 18.7 Å². The fourth-order valence-corrected chi connectivity index (χ4v) is 1.90. The summed E-state index contributed by atoms with van der Waals surface area (Å²) in [5.41, 5.74) is 3.83. The number of halogens is 1. The Bertz CT molecular complexity index is 410. The fourth-order valence-electron chi connectivity index (χ4n) is 1.90. The zero-order chi connectivity index (χ0) is 12.1. The van der Waals surface area contributed by atoms with Gasteiger partial charge in [0.15, 0.2) is 0 Å². The highest BCUT2D eigenvalue weighted by Gasteiger charge is 2.10. The number of fused-ring (bicyclic) bond motifs is 1. The van der Waals surface area contributed by atoms with Gasteiger partial charge in [-0.1, -0.05) is 18.2 Å². The van der Waals surface area contributed by atoms with E-state index in [0.29, 0.717) is 13.2 Å². The molecular formula is C13H19ClN2O2. The summed E-state index contributed by atoms with van der Waals surface area (Å²) in [5, 5.41) is 6.14. The van der Waals surface area contributed by atoms with Crippen molar-refractivity contribution >= 4 is 18.3 Å². The van der Waals surface area contributed by atoms with E-state index in [1.807, 2.05) is 6.92 Å². The molecule has 1 aliphatic rings. The van der Waals surface area contributed by atoms with Crippen LogP contribution in [-0.4, -0.2) is 19.1 Å². The third-order valence-electron chi connectivity index (χ3n) is 2.83. The van der Waals surface area contributed by atoms with Crippen molar-refractivity contribution in [2.45, 2.75) is 26.6 Å². The maximum Gasteiger partial charge on any atom is 0.246 e. The van der Waals surface area contributed by atoms with Crippen molar-refractivity contribution in [3.05, 3.63) is 34.9 Å². The Morgan fingerprint density at radius 1 is 1.39 bits per heavy atom. The van der Waals surface area contributed by atoms with Gasteiger partial charge in [-0.05, 0) is 23.6 Å². The summed E-state index contributed by atoms with van der Waals surface area (Å²) in [6.07, 6.45) is 0. The molecule has 0 bridgehead atoms. The maximum absolute atomic E-state index is 11.4. The van der Waals surface area contributed by atoms with Crippen LogP contribution in [0.5, 0.6) is 0 Å². The number of nitrogens with one attached hydrogen (secondary N) is 2. The molecular weight excluding hydrogens is 252 g/mol. The van der Waals surface area contributed by atoms with Gasteiger partial charge < -0.3 is 15.4 Å². The van der Waals surface area contributed by atoms with E-state index in [1.54, 1.807) is 0 Å². The highest BCUT2D eigenvalue weighted by molar-refractivity contribution is 5.85. The number of hydrogen-bond acceptors (Lipinski definition) is 3. The Hall–Kier alpha value is -1.10. The second-order valence-corrected chi connectivity index (χ2v) is 4.12. The summed E-state index contributed by atoms with van der Waals surface area (Å²) in [5.74, 6) is -0.0644. The lowest BCUT2D eigenvalue weighted by Crippen LogP contribution is -2.27. The molecule has 0 atom stereocenters. The fraction of sp³-hybridized carbons (Fsp3) is 0.462. The molecule has 0 aromatic heterocycles. The van der Waals surface area contributed by atoms with Gasteiger partial charge in [0.05, 0.1) is 0 Å². The summed E-state index contributed by atoms with van der Waals surface area (Å²) in [7, 11) is 0. The molecule has 0 radical (unpaired) electrons. The number of rotatable bonds is 5. The van der Waals surface area contributed by atoms with Crippen LogP contribution < -0.4 is 10.6 Å². The third kappa shape index (κ3) is 3.98. The number of hydrogen-bond donors (Lipinski definition) is 2. The van der Waals surface area contributed by atoms with Crippen LogP contribution in [0, 0.1) is 0 Å². The zero-order valence-electron chi connectivity index (χ0n) is 10.5. The minimum atomic E-state index is -0.0644. The summed E-state index contributed by atoms with van der Waals surface area (Å²) in [6, 6.07) is 6.34. The van der Waals surface area contributed by atoms with E-state index < -0.39 is 0 Å². The summed E-state index contributed by atoms with van der Waals surface area (Å²) < 4.78 is 5.04. The van der Waals surface area contributed by atoms with Crippen LogP contribution in [0.4, 0.5) is 0 Å². The number of ether oxygens (including phenoxy) is 1. The van der Waals surface area contributed by atoms with Gasteiger partial charge in [0, 0.05) is 26.2 Å². The van der Waals surface area contributed by atoms with E-state index in [-0.39, 0.29) is 24.9 Å². The maximum atomic E-state index is 11.4. The molecule has 5 heteroatoms. The number of amides is 1. The average molecular weight is 271 g/mol. The van der Waals surface area contributed by atoms with Crippen LogP contribution in [0.3, 0.4) is 0 Å². The lowest BCUT2D eigenvalue weighted by molar-refractivity contribution is -0.125. The molecule has 0 saturated heterocycles. The van der Waals surface area contributed by atoms with Crippen molar-refractivity contribution < 1.29 is 9.53 Å². The molecule has 0 spiro atoms. The minimum absolute atomic E-state index is 0. The molecule has 100 valence electrons. The first kappa shape index (κ1) is 15.0. The standard InChI is InChI=1S/C13H18N2O2.ClH/c1-2-17-9-13(16)15-6-10-3-4-11-7-14-8-12(11)5-10;/h3-5,14H,2,6-9H2,1H3,(H,15,16);1H. The average Bonchev–Trinajstić information content (AvgIpc) is 2.81. The Morgan fingerprint density at radius 3 is 2.94 bits per heavy atom. The molecule has 0 aliphatic carbocycles. The first-order valence-corrected chi connectivity index (χ1v) is 5.95. The van der Waals surface area contributed by atoms with Gasteiger partial charge in [-0.3, -0.25) is 4.79 Å². The van der Waals surface area contributed by atoms with E-state index in [1.165, 1.54) is 11.1 Å². The molecule has 0 saturated carbocycles. The highest BCUT2D eigenvalue weighted by Crippen LogP contribution is 2.16. The Balaban J connectivity index is 0.00000162. The summed E-state index contributed by atoms with van der Waals surface area (Å²) in [6.45, 7) is 5.03. The van der Waals surface area contributed by atoms with Gasteiger partial charge in [-0.25, -0.2) is 0 Å². The second kappa shape index (κ2) is 7.36. The number of benzene rings is 1. The molecule has 0 fully saturated rings. The smallest absolute Gasteiger partial charge is 0.246 e. The van der Waals surface area contributed by atoms with Crippen LogP contribution in [0.15, 0.2) is 18.2 Å². The lowest BCUT2D eigenvalue weighted by Gasteiger charge is -2.07.